The van der Waals surface area contributed by atoms with E-state index < -0.39 is 18.6 Å². The van der Waals surface area contributed by atoms with Crippen LogP contribution in [0.4, 0.5) is 8.78 Å². The number of aromatic nitrogens is 1. The molecule has 0 amide bonds. The molecule has 13 heavy (non-hydrogen) atoms. The maximum Gasteiger partial charge on any atom is 0.290 e. The molecule has 0 saturated heterocycles. The van der Waals surface area contributed by atoms with Gasteiger partial charge in [-0.2, -0.15) is 0 Å². The van der Waals surface area contributed by atoms with E-state index in [2.05, 4.69) is 4.98 Å². The Hall–Kier alpha value is -0.650. The number of hydrogen-bond donors (Lipinski definition) is 3. The third kappa shape index (κ3) is 2.65. The lowest BCUT2D eigenvalue weighted by Gasteiger charge is -2.19. The van der Waals surface area contributed by atoms with Crippen LogP contribution < -0.4 is 5.73 Å². The van der Waals surface area contributed by atoms with Crippen LogP contribution >= 0.6 is 12.4 Å². The highest BCUT2D eigenvalue weighted by Gasteiger charge is 2.37. The molecule has 1 aromatic heterocycles. The van der Waals surface area contributed by atoms with Crippen LogP contribution in [-0.2, 0) is 0 Å². The van der Waals surface area contributed by atoms with E-state index >= 15 is 0 Å². The average molecular weight is 213 g/mol. The summed E-state index contributed by atoms with van der Waals surface area (Å²) >= 11 is 0. The van der Waals surface area contributed by atoms with Gasteiger partial charge in [0, 0.05) is 11.9 Å². The molecule has 0 bridgehead atoms. The van der Waals surface area contributed by atoms with Crippen LogP contribution in [0.5, 0.6) is 0 Å². The van der Waals surface area contributed by atoms with Gasteiger partial charge in [-0.25, -0.2) is 8.78 Å². The zero-order valence-corrected chi connectivity index (χ0v) is 7.52. The molecular weight excluding hydrogens is 202 g/mol. The molecule has 0 aliphatic rings. The second-order valence-corrected chi connectivity index (χ2v) is 2.52. The number of alkyl halides is 2. The fourth-order valence-electron chi connectivity index (χ4n) is 0.864. The van der Waals surface area contributed by atoms with Crippen molar-refractivity contribution >= 4 is 12.4 Å². The number of hydrogen-bond acceptors (Lipinski definition) is 2. The molecule has 0 aromatic carbocycles. The molecule has 0 radical (unpaired) electrons. The minimum atomic E-state index is -3.27. The zero-order valence-electron chi connectivity index (χ0n) is 6.71. The molecule has 0 aliphatic carbocycles. The molecule has 0 aliphatic heterocycles. The van der Waals surface area contributed by atoms with Crippen molar-refractivity contribution in [1.29, 1.82) is 0 Å². The predicted octanol–water partition coefficient (Wildman–Crippen LogP) is 1.06. The molecule has 3 nitrogen and oxygen atoms in total. The lowest BCUT2D eigenvalue weighted by molar-refractivity contribution is -0.0720. The van der Waals surface area contributed by atoms with Crippen LogP contribution in [-0.4, -0.2) is 22.6 Å². The van der Waals surface area contributed by atoms with E-state index in [0.29, 0.717) is 0 Å². The lowest BCUT2D eigenvalue weighted by Crippen LogP contribution is -2.36. The Morgan fingerprint density at radius 1 is 1.62 bits per heavy atom. The third-order valence-electron chi connectivity index (χ3n) is 1.62. The van der Waals surface area contributed by atoms with Crippen molar-refractivity contribution in [2.24, 2.45) is 5.73 Å². The number of H-pyrrole nitrogens is 1. The second kappa shape index (κ2) is 4.55. The molecule has 0 spiro atoms. The standard InChI is InChI=1S/C7H10F2N2O.ClH/c8-7(9,4-12)6(10)5-2-1-3-11-5;/h1-3,6,11-12H,4,10H2;1H/t6-;/m0./s1. The Labute approximate surface area is 80.4 Å². The van der Waals surface area contributed by atoms with Gasteiger partial charge in [0.25, 0.3) is 5.92 Å². The maximum absolute atomic E-state index is 12.7. The Balaban J connectivity index is 0.00000144. The molecule has 1 rings (SSSR count). The van der Waals surface area contributed by atoms with Gasteiger partial charge in [0.05, 0.1) is 0 Å². The van der Waals surface area contributed by atoms with Crippen LogP contribution in [0.3, 0.4) is 0 Å². The summed E-state index contributed by atoms with van der Waals surface area (Å²) in [5, 5.41) is 8.32. The van der Waals surface area contributed by atoms with Gasteiger partial charge >= 0.3 is 0 Å². The van der Waals surface area contributed by atoms with Crippen molar-refractivity contribution in [3.63, 3.8) is 0 Å². The molecule has 4 N–H and O–H groups in total. The summed E-state index contributed by atoms with van der Waals surface area (Å²) in [6.45, 7) is -1.24. The van der Waals surface area contributed by atoms with Crippen molar-refractivity contribution in [3.8, 4) is 0 Å². The topological polar surface area (TPSA) is 62.0 Å². The number of aliphatic hydroxyl groups excluding tert-OH is 1. The molecule has 1 atom stereocenters. The van der Waals surface area contributed by atoms with Gasteiger partial charge in [-0.1, -0.05) is 0 Å². The minimum Gasteiger partial charge on any atom is -0.390 e. The summed E-state index contributed by atoms with van der Waals surface area (Å²) in [6.07, 6.45) is 1.50. The molecular formula is C7H11ClF2N2O. The summed E-state index contributed by atoms with van der Waals surface area (Å²) in [5.74, 6) is -3.27. The van der Waals surface area contributed by atoms with E-state index in [-0.39, 0.29) is 18.1 Å². The van der Waals surface area contributed by atoms with Crippen molar-refractivity contribution in [2.45, 2.75) is 12.0 Å². The first-order chi connectivity index (χ1) is 5.58. The van der Waals surface area contributed by atoms with Gasteiger partial charge < -0.3 is 15.8 Å². The van der Waals surface area contributed by atoms with Gasteiger partial charge in [0.2, 0.25) is 0 Å². The number of aromatic amines is 1. The highest BCUT2D eigenvalue weighted by Crippen LogP contribution is 2.27. The second-order valence-electron chi connectivity index (χ2n) is 2.52. The highest BCUT2D eigenvalue weighted by molar-refractivity contribution is 5.85. The summed E-state index contributed by atoms with van der Waals surface area (Å²) in [7, 11) is 0. The normalized spacial score (nSPS) is 13.5. The monoisotopic (exact) mass is 212 g/mol. The van der Waals surface area contributed by atoms with Crippen LogP contribution in [0.1, 0.15) is 11.7 Å². The Morgan fingerprint density at radius 3 is 2.62 bits per heavy atom. The smallest absolute Gasteiger partial charge is 0.290 e. The summed E-state index contributed by atoms with van der Waals surface area (Å²) in [6, 6.07) is 1.55. The largest absolute Gasteiger partial charge is 0.390 e. The van der Waals surface area contributed by atoms with Crippen molar-refractivity contribution in [2.75, 3.05) is 6.61 Å². The number of rotatable bonds is 3. The zero-order chi connectivity index (χ0) is 9.19. The number of halogens is 3. The fraction of sp³-hybridized carbons (Fsp3) is 0.429. The fourth-order valence-corrected chi connectivity index (χ4v) is 0.864. The van der Waals surface area contributed by atoms with Gasteiger partial charge in [0.15, 0.2) is 0 Å². The van der Waals surface area contributed by atoms with Crippen molar-refractivity contribution < 1.29 is 13.9 Å². The minimum absolute atomic E-state index is 0. The van der Waals surface area contributed by atoms with E-state index in [4.69, 9.17) is 10.8 Å². The van der Waals surface area contributed by atoms with E-state index in [1.165, 1.54) is 12.3 Å². The summed E-state index contributed by atoms with van der Waals surface area (Å²) in [5.41, 5.74) is 5.40. The van der Waals surface area contributed by atoms with Crippen LogP contribution in [0.2, 0.25) is 0 Å². The molecule has 1 aromatic rings. The maximum atomic E-state index is 12.7. The van der Waals surface area contributed by atoms with E-state index in [1.807, 2.05) is 0 Å². The SMILES string of the molecule is Cl.N[C@@H](c1ccc[nH]1)C(F)(F)CO. The number of aliphatic hydroxyl groups is 1. The average Bonchev–Trinajstić information content (AvgIpc) is 2.55. The van der Waals surface area contributed by atoms with Gasteiger partial charge in [-0.15, -0.1) is 12.4 Å². The lowest BCUT2D eigenvalue weighted by atomic mass is 10.1. The molecule has 0 unspecified atom stereocenters. The van der Waals surface area contributed by atoms with E-state index in [0.717, 1.165) is 0 Å². The third-order valence-corrected chi connectivity index (χ3v) is 1.62. The summed E-state index contributed by atoms with van der Waals surface area (Å²) < 4.78 is 25.4. The molecule has 76 valence electrons. The van der Waals surface area contributed by atoms with Gasteiger partial charge in [-0.3, -0.25) is 0 Å². The highest BCUT2D eigenvalue weighted by atomic mass is 35.5. The number of nitrogens with one attached hydrogen (secondary N) is 1. The molecule has 1 heterocycles. The Kier molecular flexibility index (Phi) is 4.32. The van der Waals surface area contributed by atoms with E-state index in [9.17, 15) is 8.78 Å². The molecule has 0 fully saturated rings. The van der Waals surface area contributed by atoms with Crippen molar-refractivity contribution in [3.05, 3.63) is 24.0 Å². The molecule has 0 saturated carbocycles. The van der Waals surface area contributed by atoms with E-state index in [1.54, 1.807) is 6.07 Å². The first-order valence-electron chi connectivity index (χ1n) is 3.45. The first-order valence-corrected chi connectivity index (χ1v) is 3.45. The number of nitrogens with two attached hydrogens (primary N) is 1. The van der Waals surface area contributed by atoms with Crippen molar-refractivity contribution in [1.82, 2.24) is 4.98 Å². The van der Waals surface area contributed by atoms with Crippen LogP contribution in [0.25, 0.3) is 0 Å². The predicted molar refractivity (Wildman–Crippen MR) is 47.0 cm³/mol. The Morgan fingerprint density at radius 2 is 2.23 bits per heavy atom. The summed E-state index contributed by atoms with van der Waals surface area (Å²) in [4.78, 5) is 2.56. The van der Waals surface area contributed by atoms with Crippen LogP contribution in [0.15, 0.2) is 18.3 Å². The quantitative estimate of drug-likeness (QED) is 0.702. The van der Waals surface area contributed by atoms with Gasteiger partial charge in [0.1, 0.15) is 12.6 Å². The van der Waals surface area contributed by atoms with Crippen LogP contribution in [0, 0.1) is 0 Å². The Bertz CT molecular complexity index is 241. The first kappa shape index (κ1) is 12.3. The van der Waals surface area contributed by atoms with Gasteiger partial charge in [-0.05, 0) is 12.1 Å². The molecule has 6 heteroatoms.